The molecule has 0 saturated carbocycles. The Morgan fingerprint density at radius 3 is 2.74 bits per heavy atom. The quantitative estimate of drug-likeness (QED) is 0.677. The van der Waals surface area contributed by atoms with Gasteiger partial charge in [0, 0.05) is 32.5 Å². The Labute approximate surface area is 162 Å². The standard InChI is InChI=1S/C21H31N3O3/c1-21(2,3)27-20(25)24-11-7-17(8-12-24)9-14-26-13-4-5-18-6-10-23-19(15-18)16-22/h6,10,15,17H,4-5,7-9,11-14H2,1-3H3. The zero-order chi connectivity index (χ0) is 19.7. The first-order chi connectivity index (χ1) is 12.9. The number of rotatable bonds is 7. The lowest BCUT2D eigenvalue weighted by molar-refractivity contribution is 0.0167. The molecule has 1 aliphatic rings. The van der Waals surface area contributed by atoms with E-state index in [1.165, 1.54) is 0 Å². The summed E-state index contributed by atoms with van der Waals surface area (Å²) in [6.07, 6.45) is 6.37. The maximum Gasteiger partial charge on any atom is 0.410 e. The number of piperidine rings is 1. The van der Waals surface area contributed by atoms with Crippen molar-refractivity contribution in [3.63, 3.8) is 0 Å². The summed E-state index contributed by atoms with van der Waals surface area (Å²) in [6.45, 7) is 8.70. The molecule has 0 unspecified atom stereocenters. The molecule has 1 aromatic rings. The van der Waals surface area contributed by atoms with E-state index in [1.807, 2.05) is 37.8 Å². The van der Waals surface area contributed by atoms with E-state index in [9.17, 15) is 4.79 Å². The Kier molecular flexibility index (Phi) is 8.05. The lowest BCUT2D eigenvalue weighted by Gasteiger charge is -2.33. The first kappa shape index (κ1) is 21.2. The topological polar surface area (TPSA) is 75.4 Å². The van der Waals surface area contributed by atoms with Crippen molar-refractivity contribution < 1.29 is 14.3 Å². The molecule has 1 aromatic heterocycles. The second-order valence-corrected chi connectivity index (χ2v) is 8.08. The van der Waals surface area contributed by atoms with Crippen molar-refractivity contribution in [3.05, 3.63) is 29.6 Å². The molecule has 27 heavy (non-hydrogen) atoms. The molecule has 0 radical (unpaired) electrons. The molecule has 1 fully saturated rings. The number of hydrogen-bond acceptors (Lipinski definition) is 5. The van der Waals surface area contributed by atoms with Crippen LogP contribution in [0.3, 0.4) is 0 Å². The first-order valence-electron chi connectivity index (χ1n) is 9.78. The molecule has 2 heterocycles. The molecule has 0 bridgehead atoms. The summed E-state index contributed by atoms with van der Waals surface area (Å²) in [7, 11) is 0. The third-order valence-corrected chi connectivity index (χ3v) is 4.63. The van der Waals surface area contributed by atoms with E-state index in [0.29, 0.717) is 11.6 Å². The van der Waals surface area contributed by atoms with E-state index in [0.717, 1.165) is 64.0 Å². The van der Waals surface area contributed by atoms with Crippen LogP contribution in [0.25, 0.3) is 0 Å². The summed E-state index contributed by atoms with van der Waals surface area (Å²) in [5.41, 5.74) is 1.15. The number of nitrogens with zero attached hydrogens (tertiary/aromatic N) is 3. The van der Waals surface area contributed by atoms with Crippen LogP contribution in [-0.4, -0.2) is 47.9 Å². The van der Waals surface area contributed by atoms with Gasteiger partial charge in [-0.3, -0.25) is 0 Å². The zero-order valence-electron chi connectivity index (χ0n) is 16.7. The fraction of sp³-hybridized carbons (Fsp3) is 0.667. The van der Waals surface area contributed by atoms with Crippen LogP contribution in [0, 0.1) is 17.2 Å². The molecule has 1 aliphatic heterocycles. The van der Waals surface area contributed by atoms with Gasteiger partial charge in [0.1, 0.15) is 17.4 Å². The van der Waals surface area contributed by atoms with Gasteiger partial charge in [-0.15, -0.1) is 0 Å². The molecule has 148 valence electrons. The molecule has 0 atom stereocenters. The Morgan fingerprint density at radius 2 is 2.07 bits per heavy atom. The van der Waals surface area contributed by atoms with E-state index in [2.05, 4.69) is 11.1 Å². The molecule has 1 amide bonds. The SMILES string of the molecule is CC(C)(C)OC(=O)N1CCC(CCOCCCc2ccnc(C#N)c2)CC1. The highest BCUT2D eigenvalue weighted by Crippen LogP contribution is 2.22. The largest absolute Gasteiger partial charge is 0.444 e. The molecule has 2 rings (SSSR count). The molecular weight excluding hydrogens is 342 g/mol. The van der Waals surface area contributed by atoms with Crippen LogP contribution in [0.15, 0.2) is 18.3 Å². The van der Waals surface area contributed by atoms with Gasteiger partial charge in [-0.05, 0) is 76.5 Å². The van der Waals surface area contributed by atoms with Gasteiger partial charge in [-0.25, -0.2) is 9.78 Å². The van der Waals surface area contributed by atoms with Gasteiger partial charge in [0.05, 0.1) is 0 Å². The van der Waals surface area contributed by atoms with E-state index in [4.69, 9.17) is 14.7 Å². The fourth-order valence-corrected chi connectivity index (χ4v) is 3.15. The molecule has 6 heteroatoms. The maximum atomic E-state index is 12.1. The Bertz CT molecular complexity index is 641. The van der Waals surface area contributed by atoms with Crippen LogP contribution in [-0.2, 0) is 15.9 Å². The number of ether oxygens (including phenoxy) is 2. The summed E-state index contributed by atoms with van der Waals surface area (Å²) in [4.78, 5) is 17.9. The number of aryl methyl sites for hydroxylation is 1. The third-order valence-electron chi connectivity index (χ3n) is 4.63. The highest BCUT2D eigenvalue weighted by molar-refractivity contribution is 5.68. The van der Waals surface area contributed by atoms with Crippen LogP contribution < -0.4 is 0 Å². The van der Waals surface area contributed by atoms with Gasteiger partial charge in [-0.1, -0.05) is 0 Å². The second-order valence-electron chi connectivity index (χ2n) is 8.08. The second kappa shape index (κ2) is 10.3. The van der Waals surface area contributed by atoms with Crippen LogP contribution in [0.2, 0.25) is 0 Å². The number of likely N-dealkylation sites (tertiary alicyclic amines) is 1. The average molecular weight is 373 g/mol. The maximum absolute atomic E-state index is 12.1. The van der Waals surface area contributed by atoms with E-state index < -0.39 is 5.60 Å². The normalized spacial score (nSPS) is 15.4. The van der Waals surface area contributed by atoms with Crippen molar-refractivity contribution in [3.8, 4) is 6.07 Å². The Balaban J connectivity index is 1.54. The lowest BCUT2D eigenvalue weighted by Crippen LogP contribution is -2.41. The minimum atomic E-state index is -0.436. The molecule has 0 aromatic carbocycles. The van der Waals surface area contributed by atoms with Crippen LogP contribution >= 0.6 is 0 Å². The van der Waals surface area contributed by atoms with Crippen molar-refractivity contribution in [2.45, 2.75) is 58.5 Å². The highest BCUT2D eigenvalue weighted by Gasteiger charge is 2.26. The first-order valence-corrected chi connectivity index (χ1v) is 9.78. The molecule has 1 saturated heterocycles. The monoisotopic (exact) mass is 373 g/mol. The average Bonchev–Trinajstić information content (AvgIpc) is 2.64. The van der Waals surface area contributed by atoms with Gasteiger partial charge >= 0.3 is 6.09 Å². The van der Waals surface area contributed by atoms with E-state index >= 15 is 0 Å². The molecule has 0 aliphatic carbocycles. The van der Waals surface area contributed by atoms with Crippen LogP contribution in [0.4, 0.5) is 4.79 Å². The van der Waals surface area contributed by atoms with Crippen molar-refractivity contribution in [1.82, 2.24) is 9.88 Å². The Morgan fingerprint density at radius 1 is 1.33 bits per heavy atom. The van der Waals surface area contributed by atoms with E-state index in [-0.39, 0.29) is 6.09 Å². The van der Waals surface area contributed by atoms with Crippen molar-refractivity contribution in [2.75, 3.05) is 26.3 Å². The smallest absolute Gasteiger partial charge is 0.410 e. The van der Waals surface area contributed by atoms with Crippen molar-refractivity contribution >= 4 is 6.09 Å². The fourth-order valence-electron chi connectivity index (χ4n) is 3.15. The molecule has 0 N–H and O–H groups in total. The van der Waals surface area contributed by atoms with Crippen LogP contribution in [0.5, 0.6) is 0 Å². The predicted molar refractivity (Wildman–Crippen MR) is 103 cm³/mol. The number of pyridine rings is 1. The van der Waals surface area contributed by atoms with E-state index in [1.54, 1.807) is 6.20 Å². The number of carbonyl (C=O) groups excluding carboxylic acids is 1. The predicted octanol–water partition coefficient (Wildman–Crippen LogP) is 3.94. The van der Waals surface area contributed by atoms with Crippen molar-refractivity contribution in [1.29, 1.82) is 5.26 Å². The summed E-state index contributed by atoms with van der Waals surface area (Å²) in [6, 6.07) is 5.84. The van der Waals surface area contributed by atoms with Gasteiger partial charge < -0.3 is 14.4 Å². The molecular formula is C21H31N3O3. The van der Waals surface area contributed by atoms with Crippen molar-refractivity contribution in [2.24, 2.45) is 5.92 Å². The summed E-state index contributed by atoms with van der Waals surface area (Å²) < 4.78 is 11.2. The zero-order valence-corrected chi connectivity index (χ0v) is 16.7. The van der Waals surface area contributed by atoms with Crippen LogP contribution in [0.1, 0.15) is 57.7 Å². The number of aromatic nitrogens is 1. The summed E-state index contributed by atoms with van der Waals surface area (Å²) in [5, 5.41) is 8.86. The molecule has 0 spiro atoms. The van der Waals surface area contributed by atoms with Gasteiger partial charge in [0.15, 0.2) is 0 Å². The highest BCUT2D eigenvalue weighted by atomic mass is 16.6. The Hall–Kier alpha value is -2.13. The van der Waals surface area contributed by atoms with Gasteiger partial charge in [-0.2, -0.15) is 5.26 Å². The summed E-state index contributed by atoms with van der Waals surface area (Å²) >= 11 is 0. The van der Waals surface area contributed by atoms with Gasteiger partial charge in [0.25, 0.3) is 0 Å². The number of amides is 1. The summed E-state index contributed by atoms with van der Waals surface area (Å²) in [5.74, 6) is 0.613. The number of nitriles is 1. The number of hydrogen-bond donors (Lipinski definition) is 0. The molecule has 6 nitrogen and oxygen atoms in total. The lowest BCUT2D eigenvalue weighted by atomic mass is 9.94. The minimum Gasteiger partial charge on any atom is -0.444 e. The third kappa shape index (κ3) is 7.96. The van der Waals surface area contributed by atoms with Gasteiger partial charge in [0.2, 0.25) is 0 Å². The minimum absolute atomic E-state index is 0.201. The number of carbonyl (C=O) groups is 1.